The lowest BCUT2D eigenvalue weighted by Crippen LogP contribution is -2.40. The van der Waals surface area contributed by atoms with E-state index in [1.54, 1.807) is 23.1 Å². The number of ketones is 1. The summed E-state index contributed by atoms with van der Waals surface area (Å²) in [4.78, 5) is 37.4. The highest BCUT2D eigenvalue weighted by atomic mass is 16.5. The van der Waals surface area contributed by atoms with Gasteiger partial charge in [0.2, 0.25) is 5.91 Å². The molecule has 1 aromatic carbocycles. The Labute approximate surface area is 148 Å². The molecule has 0 radical (unpaired) electrons. The molecular weight excluding hydrogens is 320 g/mol. The second kappa shape index (κ2) is 8.14. The Kier molecular flexibility index (Phi) is 6.17. The van der Waals surface area contributed by atoms with Crippen molar-refractivity contribution in [3.05, 3.63) is 23.8 Å². The zero-order valence-electron chi connectivity index (χ0n) is 15.3. The number of carbonyl (C=O) groups is 3. The number of carbonyl (C=O) groups excluding carboxylic acids is 3. The van der Waals surface area contributed by atoms with Crippen molar-refractivity contribution in [2.24, 2.45) is 5.92 Å². The van der Waals surface area contributed by atoms with Crippen LogP contribution < -0.4 is 15.0 Å². The number of ether oxygens (including phenoxy) is 1. The standard InChI is InChI=1S/C19H26N2O4/c1-12(2)13(3)20-18(23)6-5-9-21-16-10-15(14(4)22)7-8-17(16)25-11-19(21)24/h7-8,10,12-13H,5-6,9,11H2,1-4H3,(H,20,23)/t13-/m0/s1. The van der Waals surface area contributed by atoms with Gasteiger partial charge in [0, 0.05) is 24.6 Å². The van der Waals surface area contributed by atoms with E-state index in [0.29, 0.717) is 42.3 Å². The largest absolute Gasteiger partial charge is 0.482 e. The molecule has 0 aliphatic carbocycles. The van der Waals surface area contributed by atoms with Crippen LogP contribution in [0.1, 0.15) is 50.9 Å². The first-order valence-corrected chi connectivity index (χ1v) is 8.67. The second-order valence-electron chi connectivity index (χ2n) is 6.78. The van der Waals surface area contributed by atoms with Crippen LogP contribution in [0, 0.1) is 5.92 Å². The highest BCUT2D eigenvalue weighted by molar-refractivity contribution is 6.01. The van der Waals surface area contributed by atoms with Crippen LogP contribution in [0.25, 0.3) is 0 Å². The Bertz CT molecular complexity index is 669. The first kappa shape index (κ1) is 19.0. The Morgan fingerprint density at radius 3 is 2.64 bits per heavy atom. The summed E-state index contributed by atoms with van der Waals surface area (Å²) in [6.45, 7) is 7.97. The molecule has 1 N–H and O–H groups in total. The SMILES string of the molecule is CC(=O)c1ccc2c(c1)N(CCCC(=O)N[C@@H](C)C(C)C)C(=O)CO2. The van der Waals surface area contributed by atoms with Crippen molar-refractivity contribution < 1.29 is 19.1 Å². The molecule has 0 saturated carbocycles. The van der Waals surface area contributed by atoms with Gasteiger partial charge in [0.1, 0.15) is 5.75 Å². The first-order valence-electron chi connectivity index (χ1n) is 8.67. The Morgan fingerprint density at radius 2 is 2.00 bits per heavy atom. The monoisotopic (exact) mass is 346 g/mol. The Hall–Kier alpha value is -2.37. The lowest BCUT2D eigenvalue weighted by Gasteiger charge is -2.29. The van der Waals surface area contributed by atoms with Gasteiger partial charge in [-0.2, -0.15) is 0 Å². The van der Waals surface area contributed by atoms with Crippen molar-refractivity contribution in [2.75, 3.05) is 18.1 Å². The molecular formula is C19H26N2O4. The van der Waals surface area contributed by atoms with E-state index in [-0.39, 0.29) is 30.2 Å². The van der Waals surface area contributed by atoms with Crippen LogP contribution in [0.4, 0.5) is 5.69 Å². The third-order valence-corrected chi connectivity index (χ3v) is 4.48. The molecule has 6 nitrogen and oxygen atoms in total. The molecule has 25 heavy (non-hydrogen) atoms. The number of amides is 2. The molecule has 0 fully saturated rings. The molecule has 1 aromatic rings. The van der Waals surface area contributed by atoms with Gasteiger partial charge in [-0.3, -0.25) is 14.4 Å². The number of hydrogen-bond donors (Lipinski definition) is 1. The van der Waals surface area contributed by atoms with Gasteiger partial charge in [-0.1, -0.05) is 13.8 Å². The molecule has 1 atom stereocenters. The Morgan fingerprint density at radius 1 is 1.28 bits per heavy atom. The van der Waals surface area contributed by atoms with Gasteiger partial charge in [0.25, 0.3) is 5.91 Å². The number of nitrogens with zero attached hydrogens (tertiary/aromatic N) is 1. The number of Topliss-reactive ketones (excluding diaryl/α,β-unsaturated/α-hetero) is 1. The van der Waals surface area contributed by atoms with E-state index in [0.717, 1.165) is 0 Å². The predicted octanol–water partition coefficient (Wildman–Crippen LogP) is 2.56. The van der Waals surface area contributed by atoms with Crippen molar-refractivity contribution >= 4 is 23.3 Å². The van der Waals surface area contributed by atoms with Gasteiger partial charge < -0.3 is 15.0 Å². The highest BCUT2D eigenvalue weighted by Crippen LogP contribution is 2.33. The molecule has 6 heteroatoms. The van der Waals surface area contributed by atoms with E-state index in [4.69, 9.17) is 4.74 Å². The van der Waals surface area contributed by atoms with Gasteiger partial charge in [-0.05, 0) is 44.4 Å². The van der Waals surface area contributed by atoms with Crippen molar-refractivity contribution in [3.63, 3.8) is 0 Å². The summed E-state index contributed by atoms with van der Waals surface area (Å²) in [6.07, 6.45) is 0.898. The van der Waals surface area contributed by atoms with Crippen LogP contribution in [0.15, 0.2) is 18.2 Å². The van der Waals surface area contributed by atoms with E-state index >= 15 is 0 Å². The average Bonchev–Trinajstić information content (AvgIpc) is 2.56. The van der Waals surface area contributed by atoms with Crippen LogP contribution in [-0.4, -0.2) is 36.8 Å². The maximum atomic E-state index is 12.2. The third-order valence-electron chi connectivity index (χ3n) is 4.48. The number of rotatable bonds is 7. The molecule has 2 rings (SSSR count). The fourth-order valence-electron chi connectivity index (χ4n) is 2.56. The van der Waals surface area contributed by atoms with Crippen molar-refractivity contribution in [2.45, 2.75) is 46.6 Å². The van der Waals surface area contributed by atoms with Crippen LogP contribution in [-0.2, 0) is 9.59 Å². The minimum atomic E-state index is -0.163. The number of anilines is 1. The maximum Gasteiger partial charge on any atom is 0.265 e. The van der Waals surface area contributed by atoms with Crippen LogP contribution in [0.3, 0.4) is 0 Å². The van der Waals surface area contributed by atoms with Crippen molar-refractivity contribution in [3.8, 4) is 5.75 Å². The van der Waals surface area contributed by atoms with Crippen LogP contribution >= 0.6 is 0 Å². The van der Waals surface area contributed by atoms with E-state index in [1.807, 2.05) is 6.92 Å². The minimum Gasteiger partial charge on any atom is -0.482 e. The second-order valence-corrected chi connectivity index (χ2v) is 6.78. The van der Waals surface area contributed by atoms with Gasteiger partial charge in [0.15, 0.2) is 12.4 Å². The quantitative estimate of drug-likeness (QED) is 0.770. The molecule has 0 saturated heterocycles. The smallest absolute Gasteiger partial charge is 0.265 e. The highest BCUT2D eigenvalue weighted by Gasteiger charge is 2.26. The number of nitrogens with one attached hydrogen (secondary N) is 1. The summed E-state index contributed by atoms with van der Waals surface area (Å²) in [7, 11) is 0. The zero-order valence-corrected chi connectivity index (χ0v) is 15.3. The number of fused-ring (bicyclic) bond motifs is 1. The van der Waals surface area contributed by atoms with E-state index in [2.05, 4.69) is 19.2 Å². The molecule has 1 aliphatic rings. The summed E-state index contributed by atoms with van der Waals surface area (Å²) in [5.74, 6) is 0.718. The molecule has 2 amide bonds. The minimum absolute atomic E-state index is 0.0142. The zero-order chi connectivity index (χ0) is 18.6. The predicted molar refractivity (Wildman–Crippen MR) is 96.0 cm³/mol. The van der Waals surface area contributed by atoms with Crippen LogP contribution in [0.5, 0.6) is 5.75 Å². The molecule has 1 aliphatic heterocycles. The summed E-state index contributed by atoms with van der Waals surface area (Å²) < 4.78 is 5.43. The van der Waals surface area contributed by atoms with Gasteiger partial charge >= 0.3 is 0 Å². The lowest BCUT2D eigenvalue weighted by atomic mass is 10.1. The van der Waals surface area contributed by atoms with Gasteiger partial charge in [-0.25, -0.2) is 0 Å². The fraction of sp³-hybridized carbons (Fsp3) is 0.526. The summed E-state index contributed by atoms with van der Waals surface area (Å²) in [5.41, 5.74) is 1.13. The molecule has 1 heterocycles. The molecule has 0 spiro atoms. The van der Waals surface area contributed by atoms with E-state index in [1.165, 1.54) is 6.92 Å². The third kappa shape index (κ3) is 4.81. The van der Waals surface area contributed by atoms with E-state index < -0.39 is 0 Å². The molecule has 0 bridgehead atoms. The molecule has 136 valence electrons. The van der Waals surface area contributed by atoms with Crippen LogP contribution in [0.2, 0.25) is 0 Å². The topological polar surface area (TPSA) is 75.7 Å². The van der Waals surface area contributed by atoms with Gasteiger partial charge in [-0.15, -0.1) is 0 Å². The molecule has 0 unspecified atom stereocenters. The summed E-state index contributed by atoms with van der Waals surface area (Å²) in [5, 5.41) is 2.96. The number of benzene rings is 1. The molecule has 0 aromatic heterocycles. The lowest BCUT2D eigenvalue weighted by molar-refractivity contribution is -0.123. The number of hydrogen-bond acceptors (Lipinski definition) is 4. The van der Waals surface area contributed by atoms with Gasteiger partial charge in [0.05, 0.1) is 5.69 Å². The average molecular weight is 346 g/mol. The van der Waals surface area contributed by atoms with Crippen molar-refractivity contribution in [1.29, 1.82) is 0 Å². The van der Waals surface area contributed by atoms with E-state index in [9.17, 15) is 14.4 Å². The maximum absolute atomic E-state index is 12.2. The summed E-state index contributed by atoms with van der Waals surface area (Å²) >= 11 is 0. The summed E-state index contributed by atoms with van der Waals surface area (Å²) in [6, 6.07) is 5.20. The Balaban J connectivity index is 2.00. The first-order chi connectivity index (χ1) is 11.8. The normalized spacial score (nSPS) is 14.8. The fourth-order valence-corrected chi connectivity index (χ4v) is 2.56. The van der Waals surface area contributed by atoms with Crippen molar-refractivity contribution in [1.82, 2.24) is 5.32 Å².